The first-order chi connectivity index (χ1) is 9.31. The molecule has 1 aromatic heterocycles. The molecule has 2 unspecified atom stereocenters. The van der Waals surface area contributed by atoms with E-state index in [1.165, 1.54) is 11.1 Å². The molecule has 0 aliphatic rings. The Bertz CT molecular complexity index is 467. The second-order valence-corrected chi connectivity index (χ2v) is 4.93. The van der Waals surface area contributed by atoms with Gasteiger partial charge in [-0.05, 0) is 36.1 Å². The Labute approximate surface area is 115 Å². The molecule has 0 saturated carbocycles. The van der Waals surface area contributed by atoms with Gasteiger partial charge >= 0.3 is 0 Å². The molecule has 2 nitrogen and oxygen atoms in total. The minimum absolute atomic E-state index is 0.441. The topological polar surface area (TPSA) is 24.9 Å². The van der Waals surface area contributed by atoms with Gasteiger partial charge in [0, 0.05) is 18.4 Å². The number of pyridine rings is 1. The van der Waals surface area contributed by atoms with E-state index in [0.717, 1.165) is 13.0 Å². The predicted octanol–water partition coefficient (Wildman–Crippen LogP) is 3.41. The van der Waals surface area contributed by atoms with E-state index in [1.807, 2.05) is 18.5 Å². The zero-order valence-electron chi connectivity index (χ0n) is 11.7. The summed E-state index contributed by atoms with van der Waals surface area (Å²) in [7, 11) is 0. The van der Waals surface area contributed by atoms with E-state index < -0.39 is 0 Å². The predicted molar refractivity (Wildman–Crippen MR) is 80.3 cm³/mol. The van der Waals surface area contributed by atoms with Gasteiger partial charge in [0.2, 0.25) is 0 Å². The van der Waals surface area contributed by atoms with E-state index in [2.05, 4.69) is 60.5 Å². The van der Waals surface area contributed by atoms with Crippen molar-refractivity contribution in [3.63, 3.8) is 0 Å². The van der Waals surface area contributed by atoms with Gasteiger partial charge in [-0.25, -0.2) is 0 Å². The number of aromatic nitrogens is 1. The molecule has 0 radical (unpaired) electrons. The molecular formula is C17H22N2. The first-order valence-electron chi connectivity index (χ1n) is 6.98. The maximum absolute atomic E-state index is 4.20. The molecule has 2 aromatic rings. The number of nitrogens with one attached hydrogen (secondary N) is 1. The standard InChI is InChI=1S/C17H22N2/c1-3-19-17(12-15-8-7-11-18-13-15)14(2)16-9-5-4-6-10-16/h4-11,13-14,17,19H,3,12H2,1-2H3. The SMILES string of the molecule is CCNC(Cc1cccnc1)C(C)c1ccccc1. The van der Waals surface area contributed by atoms with Gasteiger partial charge in [0.05, 0.1) is 0 Å². The smallest absolute Gasteiger partial charge is 0.0300 e. The van der Waals surface area contributed by atoms with Crippen molar-refractivity contribution in [3.8, 4) is 0 Å². The number of likely N-dealkylation sites (N-methyl/N-ethyl adjacent to an activating group) is 1. The normalized spacial score (nSPS) is 14.0. The zero-order chi connectivity index (χ0) is 13.5. The fourth-order valence-electron chi connectivity index (χ4n) is 2.45. The van der Waals surface area contributed by atoms with E-state index in [9.17, 15) is 0 Å². The van der Waals surface area contributed by atoms with Gasteiger partial charge in [-0.15, -0.1) is 0 Å². The summed E-state index contributed by atoms with van der Waals surface area (Å²) in [6, 6.07) is 15.3. The molecule has 0 amide bonds. The van der Waals surface area contributed by atoms with Gasteiger partial charge < -0.3 is 5.32 Å². The molecule has 2 heteroatoms. The maximum Gasteiger partial charge on any atom is 0.0300 e. The summed E-state index contributed by atoms with van der Waals surface area (Å²) in [4.78, 5) is 4.20. The van der Waals surface area contributed by atoms with Crippen LogP contribution < -0.4 is 5.32 Å². The number of hydrogen-bond donors (Lipinski definition) is 1. The fourth-order valence-corrected chi connectivity index (χ4v) is 2.45. The second kappa shape index (κ2) is 7.05. The lowest BCUT2D eigenvalue weighted by atomic mass is 9.89. The molecular weight excluding hydrogens is 232 g/mol. The van der Waals surface area contributed by atoms with E-state index in [-0.39, 0.29) is 0 Å². The van der Waals surface area contributed by atoms with Crippen molar-refractivity contribution >= 4 is 0 Å². The average Bonchev–Trinajstić information content (AvgIpc) is 2.48. The highest BCUT2D eigenvalue weighted by Gasteiger charge is 2.18. The third-order valence-corrected chi connectivity index (χ3v) is 3.57. The van der Waals surface area contributed by atoms with Crippen LogP contribution in [0.25, 0.3) is 0 Å². The fraction of sp³-hybridized carbons (Fsp3) is 0.353. The van der Waals surface area contributed by atoms with Crippen LogP contribution in [-0.4, -0.2) is 17.6 Å². The third kappa shape index (κ3) is 3.90. The summed E-state index contributed by atoms with van der Waals surface area (Å²) < 4.78 is 0. The van der Waals surface area contributed by atoms with Crippen molar-refractivity contribution in [2.75, 3.05) is 6.54 Å². The van der Waals surface area contributed by atoms with E-state index >= 15 is 0 Å². The lowest BCUT2D eigenvalue weighted by molar-refractivity contribution is 0.457. The van der Waals surface area contributed by atoms with E-state index in [4.69, 9.17) is 0 Å². The van der Waals surface area contributed by atoms with Crippen molar-refractivity contribution in [1.82, 2.24) is 10.3 Å². The summed E-state index contributed by atoms with van der Waals surface area (Å²) in [5.74, 6) is 0.487. The number of hydrogen-bond acceptors (Lipinski definition) is 2. The van der Waals surface area contributed by atoms with Gasteiger partial charge in [-0.3, -0.25) is 4.98 Å². The van der Waals surface area contributed by atoms with Crippen LogP contribution >= 0.6 is 0 Å². The van der Waals surface area contributed by atoms with Gasteiger partial charge in [-0.1, -0.05) is 50.2 Å². The average molecular weight is 254 g/mol. The maximum atomic E-state index is 4.20. The van der Waals surface area contributed by atoms with Gasteiger partial charge in [-0.2, -0.15) is 0 Å². The van der Waals surface area contributed by atoms with Crippen molar-refractivity contribution in [3.05, 3.63) is 66.0 Å². The summed E-state index contributed by atoms with van der Waals surface area (Å²) >= 11 is 0. The van der Waals surface area contributed by atoms with Gasteiger partial charge in [0.15, 0.2) is 0 Å². The van der Waals surface area contributed by atoms with Crippen LogP contribution in [0.3, 0.4) is 0 Å². The molecule has 2 rings (SSSR count). The van der Waals surface area contributed by atoms with Crippen LogP contribution in [0.15, 0.2) is 54.9 Å². The Morgan fingerprint density at radius 1 is 1.11 bits per heavy atom. The molecule has 2 atom stereocenters. The second-order valence-electron chi connectivity index (χ2n) is 4.93. The molecule has 1 aromatic carbocycles. The molecule has 1 heterocycles. The minimum Gasteiger partial charge on any atom is -0.313 e. The molecule has 0 saturated heterocycles. The Kier molecular flexibility index (Phi) is 5.10. The summed E-state index contributed by atoms with van der Waals surface area (Å²) in [5, 5.41) is 3.60. The van der Waals surface area contributed by atoms with E-state index in [0.29, 0.717) is 12.0 Å². The number of benzene rings is 1. The summed E-state index contributed by atoms with van der Waals surface area (Å²) in [6.07, 6.45) is 4.80. The molecule has 0 spiro atoms. The van der Waals surface area contributed by atoms with Crippen LogP contribution in [0.4, 0.5) is 0 Å². The lowest BCUT2D eigenvalue weighted by Crippen LogP contribution is -2.35. The Morgan fingerprint density at radius 2 is 1.89 bits per heavy atom. The molecule has 0 aliphatic heterocycles. The van der Waals surface area contributed by atoms with Crippen molar-refractivity contribution < 1.29 is 0 Å². The molecule has 100 valence electrons. The van der Waals surface area contributed by atoms with Crippen molar-refractivity contribution in [1.29, 1.82) is 0 Å². The van der Waals surface area contributed by atoms with Crippen molar-refractivity contribution in [2.24, 2.45) is 0 Å². The highest BCUT2D eigenvalue weighted by Crippen LogP contribution is 2.21. The lowest BCUT2D eigenvalue weighted by Gasteiger charge is -2.25. The van der Waals surface area contributed by atoms with Crippen LogP contribution in [0.5, 0.6) is 0 Å². The van der Waals surface area contributed by atoms with Crippen molar-refractivity contribution in [2.45, 2.75) is 32.2 Å². The van der Waals surface area contributed by atoms with Gasteiger partial charge in [0.25, 0.3) is 0 Å². The summed E-state index contributed by atoms with van der Waals surface area (Å²) in [5.41, 5.74) is 2.67. The third-order valence-electron chi connectivity index (χ3n) is 3.57. The Balaban J connectivity index is 2.11. The first-order valence-corrected chi connectivity index (χ1v) is 6.98. The molecule has 1 N–H and O–H groups in total. The van der Waals surface area contributed by atoms with Crippen LogP contribution in [0, 0.1) is 0 Å². The van der Waals surface area contributed by atoms with Gasteiger partial charge in [0.1, 0.15) is 0 Å². The molecule has 0 bridgehead atoms. The first kappa shape index (κ1) is 13.8. The molecule has 19 heavy (non-hydrogen) atoms. The number of nitrogens with zero attached hydrogens (tertiary/aromatic N) is 1. The Morgan fingerprint density at radius 3 is 2.53 bits per heavy atom. The zero-order valence-corrected chi connectivity index (χ0v) is 11.7. The largest absolute Gasteiger partial charge is 0.313 e. The van der Waals surface area contributed by atoms with Crippen LogP contribution in [0.1, 0.15) is 30.9 Å². The van der Waals surface area contributed by atoms with Crippen LogP contribution in [0.2, 0.25) is 0 Å². The quantitative estimate of drug-likeness (QED) is 0.854. The van der Waals surface area contributed by atoms with E-state index in [1.54, 1.807) is 0 Å². The minimum atomic E-state index is 0.441. The molecule has 0 fully saturated rings. The summed E-state index contributed by atoms with van der Waals surface area (Å²) in [6.45, 7) is 5.44. The monoisotopic (exact) mass is 254 g/mol. The molecule has 0 aliphatic carbocycles. The Hall–Kier alpha value is -1.67. The highest BCUT2D eigenvalue weighted by atomic mass is 14.9. The highest BCUT2D eigenvalue weighted by molar-refractivity contribution is 5.22. The van der Waals surface area contributed by atoms with Crippen LogP contribution in [-0.2, 0) is 6.42 Å². The number of rotatable bonds is 6.